The van der Waals surface area contributed by atoms with Gasteiger partial charge in [-0.25, -0.2) is 0 Å². The summed E-state index contributed by atoms with van der Waals surface area (Å²) in [5.41, 5.74) is 0.870. The predicted molar refractivity (Wildman–Crippen MR) is 91.6 cm³/mol. The van der Waals surface area contributed by atoms with Crippen LogP contribution in [-0.4, -0.2) is 25.6 Å². The van der Waals surface area contributed by atoms with Crippen LogP contribution < -0.4 is 4.74 Å². The monoisotopic (exact) mass is 366 g/mol. The number of halogens is 3. The summed E-state index contributed by atoms with van der Waals surface area (Å²) in [5, 5.41) is 7.72. The van der Waals surface area contributed by atoms with Crippen molar-refractivity contribution in [1.82, 2.24) is 0 Å². The van der Waals surface area contributed by atoms with Crippen molar-refractivity contribution >= 4 is 11.4 Å². The number of hydrogen-bond acceptors (Lipinski definition) is 5. The Morgan fingerprint density at radius 1 is 0.885 bits per heavy atom. The SMILES string of the molecule is CO/N=C(C)/C(=N/OC)c1ccc(Oc2cccc(C(F)(F)F)c2)cc1. The number of benzene rings is 2. The molecule has 0 aromatic heterocycles. The van der Waals surface area contributed by atoms with Gasteiger partial charge in [-0.2, -0.15) is 13.2 Å². The first-order valence-electron chi connectivity index (χ1n) is 7.50. The van der Waals surface area contributed by atoms with Crippen molar-refractivity contribution in [2.75, 3.05) is 14.2 Å². The summed E-state index contributed by atoms with van der Waals surface area (Å²) < 4.78 is 43.8. The van der Waals surface area contributed by atoms with Gasteiger partial charge < -0.3 is 14.4 Å². The van der Waals surface area contributed by atoms with Crippen molar-refractivity contribution in [2.45, 2.75) is 13.1 Å². The quantitative estimate of drug-likeness (QED) is 0.541. The van der Waals surface area contributed by atoms with Gasteiger partial charge in [-0.15, -0.1) is 0 Å². The van der Waals surface area contributed by atoms with Gasteiger partial charge >= 0.3 is 6.18 Å². The minimum absolute atomic E-state index is 0.0930. The molecule has 2 rings (SSSR count). The molecule has 0 aliphatic heterocycles. The highest BCUT2D eigenvalue weighted by atomic mass is 19.4. The molecule has 0 spiro atoms. The van der Waals surface area contributed by atoms with E-state index in [0.29, 0.717) is 22.7 Å². The van der Waals surface area contributed by atoms with Gasteiger partial charge in [0.15, 0.2) is 0 Å². The van der Waals surface area contributed by atoms with Crippen LogP contribution in [0.25, 0.3) is 0 Å². The maximum Gasteiger partial charge on any atom is 0.416 e. The van der Waals surface area contributed by atoms with Crippen LogP contribution in [0.4, 0.5) is 13.2 Å². The molecule has 2 aromatic carbocycles. The van der Waals surface area contributed by atoms with Crippen molar-refractivity contribution < 1.29 is 27.6 Å². The molecule has 5 nitrogen and oxygen atoms in total. The summed E-state index contributed by atoms with van der Waals surface area (Å²) in [6, 6.07) is 11.3. The molecule has 0 unspecified atom stereocenters. The van der Waals surface area contributed by atoms with E-state index in [0.717, 1.165) is 12.1 Å². The second-order valence-corrected chi connectivity index (χ2v) is 5.13. The topological polar surface area (TPSA) is 52.4 Å². The van der Waals surface area contributed by atoms with E-state index in [2.05, 4.69) is 10.3 Å². The smallest absolute Gasteiger partial charge is 0.416 e. The molecular formula is C18H17F3N2O3. The van der Waals surface area contributed by atoms with Crippen LogP contribution in [0.15, 0.2) is 58.8 Å². The van der Waals surface area contributed by atoms with Crippen LogP contribution in [-0.2, 0) is 15.9 Å². The number of nitrogens with zero attached hydrogens (tertiary/aromatic N) is 2. The molecule has 0 aliphatic carbocycles. The molecule has 0 saturated carbocycles. The largest absolute Gasteiger partial charge is 0.457 e. The lowest BCUT2D eigenvalue weighted by molar-refractivity contribution is -0.137. The zero-order chi connectivity index (χ0) is 19.2. The van der Waals surface area contributed by atoms with Crippen molar-refractivity contribution in [3.05, 3.63) is 59.7 Å². The Morgan fingerprint density at radius 2 is 1.54 bits per heavy atom. The van der Waals surface area contributed by atoms with Crippen molar-refractivity contribution in [1.29, 1.82) is 0 Å². The minimum Gasteiger partial charge on any atom is -0.457 e. The molecule has 8 heteroatoms. The fourth-order valence-corrected chi connectivity index (χ4v) is 2.15. The lowest BCUT2D eigenvalue weighted by Crippen LogP contribution is -2.13. The van der Waals surface area contributed by atoms with Crippen LogP contribution in [0, 0.1) is 0 Å². The van der Waals surface area contributed by atoms with Gasteiger partial charge in [0.05, 0.1) is 5.56 Å². The van der Waals surface area contributed by atoms with Crippen LogP contribution in [0.3, 0.4) is 0 Å². The van der Waals surface area contributed by atoms with Gasteiger partial charge in [0.25, 0.3) is 0 Å². The van der Waals surface area contributed by atoms with E-state index in [1.807, 2.05) is 0 Å². The Hall–Kier alpha value is -3.03. The maximum atomic E-state index is 12.8. The Labute approximate surface area is 148 Å². The molecule has 0 heterocycles. The van der Waals surface area contributed by atoms with Gasteiger partial charge in [0, 0.05) is 5.56 Å². The van der Waals surface area contributed by atoms with Crippen LogP contribution >= 0.6 is 0 Å². The second-order valence-electron chi connectivity index (χ2n) is 5.13. The number of oxime groups is 2. The fourth-order valence-electron chi connectivity index (χ4n) is 2.15. The molecule has 0 radical (unpaired) electrons. The van der Waals surface area contributed by atoms with Gasteiger partial charge in [-0.3, -0.25) is 0 Å². The molecule has 0 aliphatic rings. The molecule has 0 bridgehead atoms. The third kappa shape index (κ3) is 4.98. The highest BCUT2D eigenvalue weighted by molar-refractivity contribution is 6.47. The Morgan fingerprint density at radius 3 is 2.12 bits per heavy atom. The summed E-state index contributed by atoms with van der Waals surface area (Å²) >= 11 is 0. The second kappa shape index (κ2) is 8.37. The Kier molecular flexibility index (Phi) is 6.21. The first kappa shape index (κ1) is 19.3. The number of rotatable bonds is 6. The number of hydrogen-bond donors (Lipinski definition) is 0. The maximum absolute atomic E-state index is 12.8. The highest BCUT2D eigenvalue weighted by Crippen LogP contribution is 2.32. The Balaban J connectivity index is 2.22. The number of alkyl halides is 3. The molecule has 0 atom stereocenters. The average Bonchev–Trinajstić information content (AvgIpc) is 2.60. The van der Waals surface area contributed by atoms with E-state index in [-0.39, 0.29) is 5.75 Å². The van der Waals surface area contributed by atoms with Crippen molar-refractivity contribution in [3.8, 4) is 11.5 Å². The first-order chi connectivity index (χ1) is 12.3. The van der Waals surface area contributed by atoms with E-state index in [4.69, 9.17) is 14.4 Å². The van der Waals surface area contributed by atoms with E-state index in [1.54, 1.807) is 31.2 Å². The van der Waals surface area contributed by atoms with E-state index in [9.17, 15) is 13.2 Å². The number of ether oxygens (including phenoxy) is 1. The lowest BCUT2D eigenvalue weighted by atomic mass is 10.1. The standard InChI is InChI=1S/C18H17F3N2O3/c1-12(22-24-2)17(23-25-3)13-7-9-15(10-8-13)26-16-6-4-5-14(11-16)18(19,20)21/h4-11H,1-3H3/b22-12+,23-17-. The normalized spacial score (nSPS) is 12.7. The van der Waals surface area contributed by atoms with Crippen molar-refractivity contribution in [3.63, 3.8) is 0 Å². The van der Waals surface area contributed by atoms with Crippen LogP contribution in [0.2, 0.25) is 0 Å². The van der Waals surface area contributed by atoms with Crippen LogP contribution in [0.5, 0.6) is 11.5 Å². The zero-order valence-corrected chi connectivity index (χ0v) is 14.4. The van der Waals surface area contributed by atoms with Gasteiger partial charge in [0.2, 0.25) is 0 Å². The molecule has 2 aromatic rings. The zero-order valence-electron chi connectivity index (χ0n) is 14.4. The summed E-state index contributed by atoms with van der Waals surface area (Å²) in [4.78, 5) is 9.54. The van der Waals surface area contributed by atoms with Crippen LogP contribution in [0.1, 0.15) is 18.1 Å². The lowest BCUT2D eigenvalue weighted by Gasteiger charge is -2.11. The molecule has 138 valence electrons. The molecular weight excluding hydrogens is 349 g/mol. The molecule has 26 heavy (non-hydrogen) atoms. The molecule has 0 N–H and O–H groups in total. The third-order valence-corrected chi connectivity index (χ3v) is 3.28. The van der Waals surface area contributed by atoms with Gasteiger partial charge in [0.1, 0.15) is 37.1 Å². The highest BCUT2D eigenvalue weighted by Gasteiger charge is 2.30. The van der Waals surface area contributed by atoms with Crippen molar-refractivity contribution in [2.24, 2.45) is 10.3 Å². The van der Waals surface area contributed by atoms with E-state index in [1.165, 1.54) is 26.4 Å². The summed E-state index contributed by atoms with van der Waals surface area (Å²) in [6.45, 7) is 1.70. The predicted octanol–water partition coefficient (Wildman–Crippen LogP) is 4.87. The average molecular weight is 366 g/mol. The molecule has 0 fully saturated rings. The molecule has 0 saturated heterocycles. The summed E-state index contributed by atoms with van der Waals surface area (Å²) in [5.74, 6) is 0.474. The third-order valence-electron chi connectivity index (χ3n) is 3.28. The van der Waals surface area contributed by atoms with E-state index < -0.39 is 11.7 Å². The molecule has 0 amide bonds. The fraction of sp³-hybridized carbons (Fsp3) is 0.222. The minimum atomic E-state index is -4.42. The summed E-state index contributed by atoms with van der Waals surface area (Å²) in [7, 11) is 2.82. The Bertz CT molecular complexity index is 800. The van der Waals surface area contributed by atoms with Gasteiger partial charge in [-0.05, 0) is 49.4 Å². The van der Waals surface area contributed by atoms with E-state index >= 15 is 0 Å². The first-order valence-corrected chi connectivity index (χ1v) is 7.50. The van der Waals surface area contributed by atoms with Gasteiger partial charge in [-0.1, -0.05) is 16.4 Å². The summed E-state index contributed by atoms with van der Waals surface area (Å²) in [6.07, 6.45) is -4.42.